The van der Waals surface area contributed by atoms with E-state index in [-0.39, 0.29) is 12.1 Å². The molecule has 0 aliphatic rings. The summed E-state index contributed by atoms with van der Waals surface area (Å²) in [6.07, 6.45) is 0. The SMILES string of the molecule is Cc1cc(C)n(CCNC(=O)c2cccc(F)c2F)n1. The summed E-state index contributed by atoms with van der Waals surface area (Å²) < 4.78 is 28.2. The summed E-state index contributed by atoms with van der Waals surface area (Å²) >= 11 is 0. The highest BCUT2D eigenvalue weighted by Gasteiger charge is 2.14. The summed E-state index contributed by atoms with van der Waals surface area (Å²) in [7, 11) is 0. The molecule has 6 heteroatoms. The third-order valence-electron chi connectivity index (χ3n) is 2.91. The maximum Gasteiger partial charge on any atom is 0.254 e. The number of carbonyl (C=O) groups excluding carboxylic acids is 1. The summed E-state index contributed by atoms with van der Waals surface area (Å²) in [5.41, 5.74) is 1.58. The van der Waals surface area contributed by atoms with E-state index in [2.05, 4.69) is 10.4 Å². The quantitative estimate of drug-likeness (QED) is 0.932. The highest BCUT2D eigenvalue weighted by Crippen LogP contribution is 2.11. The molecule has 0 atom stereocenters. The number of halogens is 2. The molecule has 0 radical (unpaired) electrons. The second kappa shape index (κ2) is 5.81. The van der Waals surface area contributed by atoms with Crippen LogP contribution in [0.3, 0.4) is 0 Å². The first-order valence-electron chi connectivity index (χ1n) is 6.22. The molecule has 4 nitrogen and oxygen atoms in total. The number of benzene rings is 1. The van der Waals surface area contributed by atoms with E-state index < -0.39 is 17.5 Å². The Labute approximate surface area is 115 Å². The third kappa shape index (κ3) is 3.01. The molecule has 1 aromatic carbocycles. The van der Waals surface area contributed by atoms with Gasteiger partial charge < -0.3 is 5.32 Å². The average Bonchev–Trinajstić information content (AvgIpc) is 2.71. The molecule has 0 spiro atoms. The minimum atomic E-state index is -1.13. The number of nitrogens with zero attached hydrogens (tertiary/aromatic N) is 2. The topological polar surface area (TPSA) is 46.9 Å². The molecule has 0 aliphatic heterocycles. The van der Waals surface area contributed by atoms with Crippen LogP contribution in [-0.2, 0) is 6.54 Å². The van der Waals surface area contributed by atoms with Crippen LogP contribution < -0.4 is 5.32 Å². The summed E-state index contributed by atoms with van der Waals surface area (Å²) in [6.45, 7) is 4.55. The molecule has 0 aliphatic carbocycles. The van der Waals surface area contributed by atoms with Crippen molar-refractivity contribution in [3.63, 3.8) is 0 Å². The van der Waals surface area contributed by atoms with Crippen LogP contribution in [-0.4, -0.2) is 22.2 Å². The van der Waals surface area contributed by atoms with Crippen LogP contribution in [0.25, 0.3) is 0 Å². The highest BCUT2D eigenvalue weighted by atomic mass is 19.2. The van der Waals surface area contributed by atoms with Gasteiger partial charge in [-0.05, 0) is 32.0 Å². The number of carbonyl (C=O) groups is 1. The molecule has 1 amide bonds. The van der Waals surface area contributed by atoms with Gasteiger partial charge in [0.1, 0.15) is 0 Å². The Balaban J connectivity index is 1.96. The number of aromatic nitrogens is 2. The molecule has 2 aromatic rings. The molecular weight excluding hydrogens is 264 g/mol. The zero-order valence-electron chi connectivity index (χ0n) is 11.3. The van der Waals surface area contributed by atoms with E-state index >= 15 is 0 Å². The van der Waals surface area contributed by atoms with E-state index in [4.69, 9.17) is 0 Å². The number of rotatable bonds is 4. The molecule has 106 valence electrons. The lowest BCUT2D eigenvalue weighted by atomic mass is 10.2. The fraction of sp³-hybridized carbons (Fsp3) is 0.286. The van der Waals surface area contributed by atoms with Gasteiger partial charge in [0.05, 0.1) is 17.8 Å². The van der Waals surface area contributed by atoms with Gasteiger partial charge in [-0.25, -0.2) is 8.78 Å². The van der Waals surface area contributed by atoms with Crippen molar-refractivity contribution in [1.82, 2.24) is 15.1 Å². The van der Waals surface area contributed by atoms with Crippen molar-refractivity contribution in [3.8, 4) is 0 Å². The van der Waals surface area contributed by atoms with Crippen LogP contribution >= 0.6 is 0 Å². The maximum atomic E-state index is 13.4. The smallest absolute Gasteiger partial charge is 0.254 e. The molecule has 0 fully saturated rings. The first-order chi connectivity index (χ1) is 9.49. The summed E-state index contributed by atoms with van der Waals surface area (Å²) in [5.74, 6) is -2.80. The molecule has 1 N–H and O–H groups in total. The van der Waals surface area contributed by atoms with Crippen LogP contribution in [0, 0.1) is 25.5 Å². The molecule has 1 aromatic heterocycles. The van der Waals surface area contributed by atoms with Crippen LogP contribution in [0.2, 0.25) is 0 Å². The third-order valence-corrected chi connectivity index (χ3v) is 2.91. The van der Waals surface area contributed by atoms with Crippen molar-refractivity contribution >= 4 is 5.91 Å². The Kier molecular flexibility index (Phi) is 4.12. The Morgan fingerprint density at radius 2 is 2.10 bits per heavy atom. The van der Waals surface area contributed by atoms with Gasteiger partial charge in [-0.1, -0.05) is 6.07 Å². The molecule has 2 rings (SSSR count). The summed E-state index contributed by atoms with van der Waals surface area (Å²) in [6, 6.07) is 5.45. The van der Waals surface area contributed by atoms with Gasteiger partial charge in [0.15, 0.2) is 11.6 Å². The number of amides is 1. The van der Waals surface area contributed by atoms with Crippen LogP contribution in [0.4, 0.5) is 8.78 Å². The Morgan fingerprint density at radius 3 is 2.75 bits per heavy atom. The normalized spacial score (nSPS) is 10.6. The van der Waals surface area contributed by atoms with E-state index in [1.54, 1.807) is 4.68 Å². The second-order valence-corrected chi connectivity index (χ2v) is 4.51. The van der Waals surface area contributed by atoms with Crippen molar-refractivity contribution in [2.45, 2.75) is 20.4 Å². The average molecular weight is 279 g/mol. The summed E-state index contributed by atoms with van der Waals surface area (Å²) in [4.78, 5) is 11.8. The van der Waals surface area contributed by atoms with Crippen LogP contribution in [0.5, 0.6) is 0 Å². The molecule has 0 bridgehead atoms. The van der Waals surface area contributed by atoms with E-state index in [1.807, 2.05) is 19.9 Å². The monoisotopic (exact) mass is 279 g/mol. The maximum absolute atomic E-state index is 13.4. The van der Waals surface area contributed by atoms with Gasteiger partial charge in [-0.3, -0.25) is 9.48 Å². The van der Waals surface area contributed by atoms with Gasteiger partial charge >= 0.3 is 0 Å². The largest absolute Gasteiger partial charge is 0.350 e. The zero-order valence-corrected chi connectivity index (χ0v) is 11.3. The molecule has 1 heterocycles. The predicted molar refractivity (Wildman–Crippen MR) is 70.4 cm³/mol. The standard InChI is InChI=1S/C14H15F2N3O/c1-9-8-10(2)19(18-9)7-6-17-14(20)11-4-3-5-12(15)13(11)16/h3-5,8H,6-7H2,1-2H3,(H,17,20). The Morgan fingerprint density at radius 1 is 1.35 bits per heavy atom. The molecule has 0 unspecified atom stereocenters. The van der Waals surface area contributed by atoms with Crippen molar-refractivity contribution in [2.24, 2.45) is 0 Å². The predicted octanol–water partition coefficient (Wildman–Crippen LogP) is 2.21. The zero-order chi connectivity index (χ0) is 14.7. The van der Waals surface area contributed by atoms with Gasteiger partial charge in [-0.15, -0.1) is 0 Å². The van der Waals surface area contributed by atoms with Crippen molar-refractivity contribution in [3.05, 3.63) is 52.9 Å². The number of aryl methyl sites for hydroxylation is 2. The summed E-state index contributed by atoms with van der Waals surface area (Å²) in [5, 5.41) is 6.79. The van der Waals surface area contributed by atoms with Crippen LogP contribution in [0.15, 0.2) is 24.3 Å². The Hall–Kier alpha value is -2.24. The van der Waals surface area contributed by atoms with Crippen molar-refractivity contribution < 1.29 is 13.6 Å². The minimum Gasteiger partial charge on any atom is -0.350 e. The first-order valence-corrected chi connectivity index (χ1v) is 6.22. The second-order valence-electron chi connectivity index (χ2n) is 4.51. The number of hydrogen-bond donors (Lipinski definition) is 1. The fourth-order valence-electron chi connectivity index (χ4n) is 1.95. The van der Waals surface area contributed by atoms with E-state index in [0.29, 0.717) is 6.54 Å². The minimum absolute atomic E-state index is 0.288. The molecular formula is C14H15F2N3O. The molecule has 0 saturated carbocycles. The molecule has 0 saturated heterocycles. The highest BCUT2D eigenvalue weighted by molar-refractivity contribution is 5.94. The van der Waals surface area contributed by atoms with E-state index in [0.717, 1.165) is 17.5 Å². The van der Waals surface area contributed by atoms with Crippen molar-refractivity contribution in [2.75, 3.05) is 6.54 Å². The Bertz CT molecular complexity index is 637. The van der Waals surface area contributed by atoms with Crippen molar-refractivity contribution in [1.29, 1.82) is 0 Å². The van der Waals surface area contributed by atoms with Gasteiger partial charge in [0.25, 0.3) is 5.91 Å². The number of nitrogens with one attached hydrogen (secondary N) is 1. The lowest BCUT2D eigenvalue weighted by Crippen LogP contribution is -2.28. The molecule has 20 heavy (non-hydrogen) atoms. The van der Waals surface area contributed by atoms with Gasteiger partial charge in [-0.2, -0.15) is 5.10 Å². The van der Waals surface area contributed by atoms with Gasteiger partial charge in [0, 0.05) is 12.2 Å². The van der Waals surface area contributed by atoms with Crippen LogP contribution in [0.1, 0.15) is 21.7 Å². The lowest BCUT2D eigenvalue weighted by Gasteiger charge is -2.07. The first kappa shape index (κ1) is 14.2. The number of hydrogen-bond acceptors (Lipinski definition) is 2. The fourth-order valence-corrected chi connectivity index (χ4v) is 1.95. The lowest BCUT2D eigenvalue weighted by molar-refractivity contribution is 0.0946. The van der Waals surface area contributed by atoms with E-state index in [1.165, 1.54) is 12.1 Å². The van der Waals surface area contributed by atoms with E-state index in [9.17, 15) is 13.6 Å². The van der Waals surface area contributed by atoms with Gasteiger partial charge in [0.2, 0.25) is 0 Å².